The largest absolute Gasteiger partial charge is 0.479 e. The molecule has 2 amide bonds. The molecular weight excluding hydrogens is 312 g/mol. The number of carbonyl (C=O) groups is 3. The molecule has 1 saturated carbocycles. The highest BCUT2D eigenvalue weighted by molar-refractivity contribution is 5.97. The number of anilines is 1. The molecule has 1 atom stereocenters. The van der Waals surface area contributed by atoms with E-state index in [9.17, 15) is 19.5 Å². The molecule has 132 valence electrons. The maximum atomic E-state index is 12.2. The van der Waals surface area contributed by atoms with Crippen molar-refractivity contribution in [2.75, 3.05) is 5.32 Å². The van der Waals surface area contributed by atoms with Gasteiger partial charge in [-0.1, -0.05) is 12.8 Å². The fourth-order valence-corrected chi connectivity index (χ4v) is 2.63. The molecule has 8 nitrogen and oxygen atoms in total. The van der Waals surface area contributed by atoms with Crippen LogP contribution >= 0.6 is 0 Å². The van der Waals surface area contributed by atoms with E-state index < -0.39 is 17.6 Å². The first kappa shape index (κ1) is 18.0. The van der Waals surface area contributed by atoms with Gasteiger partial charge in [0.05, 0.1) is 11.9 Å². The summed E-state index contributed by atoms with van der Waals surface area (Å²) in [5.74, 6) is -1.48. The minimum absolute atomic E-state index is 0.000587. The fraction of sp³-hybridized carbons (Fsp3) is 0.625. The van der Waals surface area contributed by atoms with Gasteiger partial charge in [-0.2, -0.15) is 5.10 Å². The maximum Gasteiger partial charge on any atom is 0.331 e. The van der Waals surface area contributed by atoms with Crippen molar-refractivity contribution in [1.29, 1.82) is 0 Å². The summed E-state index contributed by atoms with van der Waals surface area (Å²) in [5, 5.41) is 18.5. The van der Waals surface area contributed by atoms with Gasteiger partial charge >= 0.3 is 5.97 Å². The Labute approximate surface area is 140 Å². The number of nitrogens with one attached hydrogen (secondary N) is 2. The van der Waals surface area contributed by atoms with Gasteiger partial charge in [-0.25, -0.2) is 4.79 Å². The van der Waals surface area contributed by atoms with Gasteiger partial charge < -0.3 is 15.7 Å². The quantitative estimate of drug-likeness (QED) is 0.725. The van der Waals surface area contributed by atoms with Crippen LogP contribution in [-0.4, -0.2) is 38.7 Å². The minimum Gasteiger partial charge on any atom is -0.479 e. The van der Waals surface area contributed by atoms with E-state index in [-0.39, 0.29) is 17.7 Å². The van der Waals surface area contributed by atoms with E-state index in [1.54, 1.807) is 6.92 Å². The van der Waals surface area contributed by atoms with Crippen molar-refractivity contribution in [3.8, 4) is 0 Å². The van der Waals surface area contributed by atoms with Crippen LogP contribution in [0.15, 0.2) is 12.4 Å². The molecule has 1 fully saturated rings. The standard InChI is InChI=1S/C16H24N4O4/c1-10(18-14(22)11-6-4-5-7-11)13(21)19-12-8-17-20(9-12)16(2,3)15(23)24/h8-11H,4-7H2,1-3H3,(H,18,22)(H,19,21)(H,23,24). The van der Waals surface area contributed by atoms with E-state index in [1.807, 2.05) is 0 Å². The van der Waals surface area contributed by atoms with Gasteiger partial charge in [-0.3, -0.25) is 14.3 Å². The Morgan fingerprint density at radius 3 is 2.54 bits per heavy atom. The van der Waals surface area contributed by atoms with Crippen molar-refractivity contribution >= 4 is 23.5 Å². The zero-order valence-corrected chi connectivity index (χ0v) is 14.2. The van der Waals surface area contributed by atoms with Crippen molar-refractivity contribution in [2.45, 2.75) is 58.0 Å². The van der Waals surface area contributed by atoms with Gasteiger partial charge in [-0.05, 0) is 33.6 Å². The summed E-state index contributed by atoms with van der Waals surface area (Å²) in [7, 11) is 0. The highest BCUT2D eigenvalue weighted by Gasteiger charge is 2.30. The molecule has 1 aromatic heterocycles. The Bertz CT molecular complexity index is 632. The van der Waals surface area contributed by atoms with Gasteiger partial charge in [0.2, 0.25) is 11.8 Å². The third-order valence-corrected chi connectivity index (χ3v) is 4.42. The minimum atomic E-state index is -1.22. The summed E-state index contributed by atoms with van der Waals surface area (Å²) in [4.78, 5) is 35.4. The smallest absolute Gasteiger partial charge is 0.331 e. The number of carboxylic acid groups (broad SMARTS) is 1. The van der Waals surface area contributed by atoms with Crippen LogP contribution in [0, 0.1) is 5.92 Å². The number of hydrogen-bond acceptors (Lipinski definition) is 4. The predicted octanol–water partition coefficient (Wildman–Crippen LogP) is 1.34. The third-order valence-electron chi connectivity index (χ3n) is 4.42. The monoisotopic (exact) mass is 336 g/mol. The van der Waals surface area contributed by atoms with E-state index in [4.69, 9.17) is 0 Å². The van der Waals surface area contributed by atoms with Crippen molar-refractivity contribution in [3.05, 3.63) is 12.4 Å². The van der Waals surface area contributed by atoms with E-state index >= 15 is 0 Å². The first-order valence-corrected chi connectivity index (χ1v) is 8.11. The van der Waals surface area contributed by atoms with Gasteiger partial charge in [0.15, 0.2) is 5.54 Å². The summed E-state index contributed by atoms with van der Waals surface area (Å²) in [5.41, 5.74) is -0.832. The molecule has 1 aliphatic rings. The second-order valence-electron chi connectivity index (χ2n) is 6.74. The lowest BCUT2D eigenvalue weighted by molar-refractivity contribution is -0.146. The summed E-state index contributed by atoms with van der Waals surface area (Å²) < 4.78 is 1.27. The van der Waals surface area contributed by atoms with Gasteiger partial charge in [-0.15, -0.1) is 0 Å². The molecule has 0 bridgehead atoms. The van der Waals surface area contributed by atoms with Crippen LogP contribution in [0.25, 0.3) is 0 Å². The first-order valence-electron chi connectivity index (χ1n) is 8.11. The second-order valence-corrected chi connectivity index (χ2v) is 6.74. The molecule has 1 aliphatic carbocycles. The number of carbonyl (C=O) groups excluding carboxylic acids is 2. The molecule has 8 heteroatoms. The van der Waals surface area contributed by atoms with Crippen molar-refractivity contribution in [1.82, 2.24) is 15.1 Å². The van der Waals surface area contributed by atoms with Gasteiger partial charge in [0, 0.05) is 12.1 Å². The molecule has 0 spiro atoms. The Balaban J connectivity index is 1.93. The van der Waals surface area contributed by atoms with Crippen molar-refractivity contribution < 1.29 is 19.5 Å². The topological polar surface area (TPSA) is 113 Å². The number of amides is 2. The lowest BCUT2D eigenvalue weighted by atomic mass is 10.1. The van der Waals surface area contributed by atoms with E-state index in [0.29, 0.717) is 5.69 Å². The Kier molecular flexibility index (Phi) is 5.26. The molecule has 0 aromatic carbocycles. The zero-order valence-electron chi connectivity index (χ0n) is 14.2. The lowest BCUT2D eigenvalue weighted by Crippen LogP contribution is -2.43. The van der Waals surface area contributed by atoms with E-state index in [1.165, 1.54) is 30.9 Å². The van der Waals surface area contributed by atoms with Gasteiger partial charge in [0.25, 0.3) is 0 Å². The molecule has 3 N–H and O–H groups in total. The molecule has 1 aromatic rings. The number of aliphatic carboxylic acids is 1. The maximum absolute atomic E-state index is 12.2. The van der Waals surface area contributed by atoms with Gasteiger partial charge in [0.1, 0.15) is 6.04 Å². The second kappa shape index (κ2) is 7.02. The van der Waals surface area contributed by atoms with Crippen LogP contribution in [0.2, 0.25) is 0 Å². The third kappa shape index (κ3) is 3.93. The predicted molar refractivity (Wildman–Crippen MR) is 87.4 cm³/mol. The average molecular weight is 336 g/mol. The van der Waals surface area contributed by atoms with Crippen molar-refractivity contribution in [3.63, 3.8) is 0 Å². The first-order chi connectivity index (χ1) is 11.2. The van der Waals surface area contributed by atoms with Crippen molar-refractivity contribution in [2.24, 2.45) is 5.92 Å². The van der Waals surface area contributed by atoms with Crippen LogP contribution in [0.1, 0.15) is 46.5 Å². The Hall–Kier alpha value is -2.38. The summed E-state index contributed by atoms with van der Waals surface area (Å²) >= 11 is 0. The number of carboxylic acids is 1. The van der Waals surface area contributed by atoms with Crippen LogP contribution < -0.4 is 10.6 Å². The van der Waals surface area contributed by atoms with E-state index in [2.05, 4.69) is 15.7 Å². The number of hydrogen-bond donors (Lipinski definition) is 3. The summed E-state index contributed by atoms with van der Waals surface area (Å²) in [6.07, 6.45) is 6.69. The Morgan fingerprint density at radius 2 is 1.96 bits per heavy atom. The van der Waals surface area contributed by atoms with Crippen LogP contribution in [0.4, 0.5) is 5.69 Å². The average Bonchev–Trinajstić information content (AvgIpc) is 3.18. The summed E-state index contributed by atoms with van der Waals surface area (Å²) in [6, 6.07) is -0.672. The summed E-state index contributed by atoms with van der Waals surface area (Å²) in [6.45, 7) is 4.64. The molecule has 2 rings (SSSR count). The molecule has 24 heavy (non-hydrogen) atoms. The zero-order chi connectivity index (χ0) is 17.9. The molecule has 0 radical (unpaired) electrons. The molecule has 0 saturated heterocycles. The van der Waals surface area contributed by atoms with E-state index in [0.717, 1.165) is 25.7 Å². The number of nitrogens with zero attached hydrogens (tertiary/aromatic N) is 2. The highest BCUT2D eigenvalue weighted by atomic mass is 16.4. The molecule has 1 heterocycles. The van der Waals surface area contributed by atoms with Crippen LogP contribution in [0.3, 0.4) is 0 Å². The molecular formula is C16H24N4O4. The normalized spacial score (nSPS) is 16.6. The molecule has 0 aliphatic heterocycles. The highest BCUT2D eigenvalue weighted by Crippen LogP contribution is 2.24. The fourth-order valence-electron chi connectivity index (χ4n) is 2.63. The SMILES string of the molecule is CC(NC(=O)C1CCCC1)C(=O)Nc1cnn(C(C)(C)C(=O)O)c1. The van der Waals surface area contributed by atoms with Crippen LogP contribution in [0.5, 0.6) is 0 Å². The number of aromatic nitrogens is 2. The van der Waals surface area contributed by atoms with Crippen LogP contribution in [-0.2, 0) is 19.9 Å². The lowest BCUT2D eigenvalue weighted by Gasteiger charge is -2.19. The molecule has 1 unspecified atom stereocenters. The number of rotatable bonds is 6. The Morgan fingerprint density at radius 1 is 1.33 bits per heavy atom.